The van der Waals surface area contributed by atoms with Crippen LogP contribution in [0.1, 0.15) is 31.9 Å². The number of hydrogen-bond donors (Lipinski definition) is 1. The lowest BCUT2D eigenvalue weighted by atomic mass is 10.0. The molecule has 0 spiro atoms. The molecule has 0 saturated carbocycles. The van der Waals surface area contributed by atoms with Crippen LogP contribution < -0.4 is 5.32 Å². The van der Waals surface area contributed by atoms with E-state index in [2.05, 4.69) is 41.1 Å². The predicted molar refractivity (Wildman–Crippen MR) is 91.0 cm³/mol. The third-order valence-electron chi connectivity index (χ3n) is 4.61. The summed E-state index contributed by atoms with van der Waals surface area (Å²) in [5, 5.41) is 4.23. The average Bonchev–Trinajstić information content (AvgIpc) is 2.49. The van der Waals surface area contributed by atoms with Gasteiger partial charge in [0.25, 0.3) is 0 Å². The fourth-order valence-electron chi connectivity index (χ4n) is 3.23. The summed E-state index contributed by atoms with van der Waals surface area (Å²) in [4.78, 5) is 5.16. The Morgan fingerprint density at radius 2 is 2.00 bits per heavy atom. The summed E-state index contributed by atoms with van der Waals surface area (Å²) in [5.41, 5.74) is 1.32. The molecule has 2 rings (SSSR count). The van der Waals surface area contributed by atoms with E-state index in [1.165, 1.54) is 31.7 Å². The fraction of sp³-hybridized carbons (Fsp3) is 0.647. The van der Waals surface area contributed by atoms with E-state index in [-0.39, 0.29) is 0 Å². The van der Waals surface area contributed by atoms with Crippen LogP contribution in [-0.4, -0.2) is 55.6 Å². The van der Waals surface area contributed by atoms with Crippen molar-refractivity contribution in [1.82, 2.24) is 15.1 Å². The van der Waals surface area contributed by atoms with Crippen LogP contribution in [-0.2, 0) is 0 Å². The SMILES string of the molecule is CCN1CCN(CCC(NC)c2ccc(Cl)cc2)CC1C. The first-order valence-electron chi connectivity index (χ1n) is 8.03. The van der Waals surface area contributed by atoms with Crippen molar-refractivity contribution in [1.29, 1.82) is 0 Å². The maximum atomic E-state index is 5.97. The molecule has 4 heteroatoms. The minimum atomic E-state index is 0.404. The Morgan fingerprint density at radius 1 is 1.29 bits per heavy atom. The van der Waals surface area contributed by atoms with Crippen LogP contribution in [0.25, 0.3) is 0 Å². The molecule has 1 heterocycles. The molecule has 0 radical (unpaired) electrons. The molecule has 1 saturated heterocycles. The predicted octanol–water partition coefficient (Wildman–Crippen LogP) is 3.02. The van der Waals surface area contributed by atoms with Crippen LogP contribution in [0.2, 0.25) is 5.02 Å². The van der Waals surface area contributed by atoms with Gasteiger partial charge >= 0.3 is 0 Å². The van der Waals surface area contributed by atoms with Crippen molar-refractivity contribution in [3.63, 3.8) is 0 Å². The summed E-state index contributed by atoms with van der Waals surface area (Å²) in [7, 11) is 2.04. The summed E-state index contributed by atoms with van der Waals surface area (Å²) in [6, 6.07) is 9.28. The van der Waals surface area contributed by atoms with Gasteiger partial charge < -0.3 is 10.2 Å². The Hall–Kier alpha value is -0.610. The van der Waals surface area contributed by atoms with Crippen LogP contribution >= 0.6 is 11.6 Å². The highest BCUT2D eigenvalue weighted by atomic mass is 35.5. The molecule has 1 fully saturated rings. The summed E-state index contributed by atoms with van der Waals surface area (Å²) >= 11 is 5.97. The summed E-state index contributed by atoms with van der Waals surface area (Å²) in [5.74, 6) is 0. The zero-order valence-electron chi connectivity index (χ0n) is 13.5. The first-order valence-corrected chi connectivity index (χ1v) is 8.41. The van der Waals surface area contributed by atoms with Gasteiger partial charge in [-0.15, -0.1) is 0 Å². The molecule has 0 aliphatic carbocycles. The molecular weight excluding hydrogens is 282 g/mol. The molecule has 2 atom stereocenters. The van der Waals surface area contributed by atoms with E-state index in [1.807, 2.05) is 19.2 Å². The van der Waals surface area contributed by atoms with Crippen LogP contribution in [0.3, 0.4) is 0 Å². The minimum Gasteiger partial charge on any atom is -0.313 e. The van der Waals surface area contributed by atoms with Crippen LogP contribution in [0.4, 0.5) is 0 Å². The van der Waals surface area contributed by atoms with Gasteiger partial charge in [0.15, 0.2) is 0 Å². The molecule has 2 unspecified atom stereocenters. The van der Waals surface area contributed by atoms with E-state index in [0.29, 0.717) is 12.1 Å². The number of nitrogens with zero attached hydrogens (tertiary/aromatic N) is 2. The zero-order valence-corrected chi connectivity index (χ0v) is 14.2. The third kappa shape index (κ3) is 4.68. The van der Waals surface area contributed by atoms with Crippen molar-refractivity contribution >= 4 is 11.6 Å². The quantitative estimate of drug-likeness (QED) is 0.871. The smallest absolute Gasteiger partial charge is 0.0406 e. The minimum absolute atomic E-state index is 0.404. The molecule has 1 aliphatic heterocycles. The molecule has 1 aliphatic rings. The van der Waals surface area contributed by atoms with Crippen LogP contribution in [0, 0.1) is 0 Å². The Bertz CT molecular complexity index is 421. The van der Waals surface area contributed by atoms with Gasteiger partial charge in [-0.1, -0.05) is 30.7 Å². The Kier molecular flexibility index (Phi) is 6.49. The highest BCUT2D eigenvalue weighted by Crippen LogP contribution is 2.20. The van der Waals surface area contributed by atoms with E-state index in [4.69, 9.17) is 11.6 Å². The van der Waals surface area contributed by atoms with Gasteiger partial charge in [-0.25, -0.2) is 0 Å². The summed E-state index contributed by atoms with van der Waals surface area (Å²) < 4.78 is 0. The van der Waals surface area contributed by atoms with Gasteiger partial charge in [-0.3, -0.25) is 4.90 Å². The Labute approximate surface area is 134 Å². The van der Waals surface area contributed by atoms with Crippen LogP contribution in [0.5, 0.6) is 0 Å². The van der Waals surface area contributed by atoms with Crippen molar-refractivity contribution in [2.45, 2.75) is 32.4 Å². The van der Waals surface area contributed by atoms with Crippen molar-refractivity contribution in [3.8, 4) is 0 Å². The summed E-state index contributed by atoms with van der Waals surface area (Å²) in [6.07, 6.45) is 1.14. The van der Waals surface area contributed by atoms with Crippen molar-refractivity contribution in [2.75, 3.05) is 39.8 Å². The molecule has 0 aromatic heterocycles. The second-order valence-corrected chi connectivity index (χ2v) is 6.40. The lowest BCUT2D eigenvalue weighted by Crippen LogP contribution is -2.51. The number of piperazine rings is 1. The monoisotopic (exact) mass is 309 g/mol. The van der Waals surface area contributed by atoms with E-state index >= 15 is 0 Å². The topological polar surface area (TPSA) is 18.5 Å². The molecule has 3 nitrogen and oxygen atoms in total. The molecule has 21 heavy (non-hydrogen) atoms. The second kappa shape index (κ2) is 8.14. The zero-order chi connectivity index (χ0) is 15.2. The normalized spacial score (nSPS) is 22.4. The first-order chi connectivity index (χ1) is 10.1. The largest absolute Gasteiger partial charge is 0.313 e. The fourth-order valence-corrected chi connectivity index (χ4v) is 3.35. The number of nitrogens with one attached hydrogen (secondary N) is 1. The van der Waals surface area contributed by atoms with Crippen molar-refractivity contribution in [3.05, 3.63) is 34.9 Å². The lowest BCUT2D eigenvalue weighted by Gasteiger charge is -2.39. The highest BCUT2D eigenvalue weighted by Gasteiger charge is 2.22. The maximum absolute atomic E-state index is 5.97. The van der Waals surface area contributed by atoms with E-state index in [1.54, 1.807) is 0 Å². The van der Waals surface area contributed by atoms with Gasteiger partial charge in [0.05, 0.1) is 0 Å². The second-order valence-electron chi connectivity index (χ2n) is 5.96. The lowest BCUT2D eigenvalue weighted by molar-refractivity contribution is 0.0854. The van der Waals surface area contributed by atoms with E-state index < -0.39 is 0 Å². The van der Waals surface area contributed by atoms with Gasteiger partial charge in [-0.05, 0) is 44.6 Å². The van der Waals surface area contributed by atoms with Gasteiger partial charge in [-0.2, -0.15) is 0 Å². The average molecular weight is 310 g/mol. The molecule has 0 bridgehead atoms. The highest BCUT2D eigenvalue weighted by molar-refractivity contribution is 6.30. The Morgan fingerprint density at radius 3 is 2.57 bits per heavy atom. The van der Waals surface area contributed by atoms with Crippen LogP contribution in [0.15, 0.2) is 24.3 Å². The third-order valence-corrected chi connectivity index (χ3v) is 4.86. The number of rotatable bonds is 6. The number of halogens is 1. The van der Waals surface area contributed by atoms with Gasteiger partial charge in [0.1, 0.15) is 0 Å². The van der Waals surface area contributed by atoms with Crippen molar-refractivity contribution in [2.24, 2.45) is 0 Å². The number of likely N-dealkylation sites (N-methyl/N-ethyl adjacent to an activating group) is 1. The summed E-state index contributed by atoms with van der Waals surface area (Å²) in [6.45, 7) is 10.5. The molecule has 0 amide bonds. The molecule has 1 N–H and O–H groups in total. The van der Waals surface area contributed by atoms with Gasteiger partial charge in [0, 0.05) is 43.3 Å². The molecule has 1 aromatic rings. The van der Waals surface area contributed by atoms with E-state index in [0.717, 1.165) is 18.0 Å². The number of hydrogen-bond acceptors (Lipinski definition) is 3. The Balaban J connectivity index is 1.85. The maximum Gasteiger partial charge on any atom is 0.0406 e. The van der Waals surface area contributed by atoms with Gasteiger partial charge in [0.2, 0.25) is 0 Å². The number of benzene rings is 1. The van der Waals surface area contributed by atoms with Crippen molar-refractivity contribution < 1.29 is 0 Å². The molecular formula is C17H28ClN3. The first kappa shape index (κ1) is 16.8. The standard InChI is InChI=1S/C17H28ClN3/c1-4-21-12-11-20(13-14(21)2)10-9-17(19-3)15-5-7-16(18)8-6-15/h5-8,14,17,19H,4,9-13H2,1-3H3. The van der Waals surface area contributed by atoms with E-state index in [9.17, 15) is 0 Å². The molecule has 1 aromatic carbocycles. The molecule has 118 valence electrons.